The Hall–Kier alpha value is -1.75. The second-order valence-electron chi connectivity index (χ2n) is 4.86. The lowest BCUT2D eigenvalue weighted by Gasteiger charge is -2.28. The number of nitrogens with two attached hydrogens (primary N) is 1. The third-order valence-corrected chi connectivity index (χ3v) is 3.42. The first-order valence-corrected chi connectivity index (χ1v) is 6.43. The van der Waals surface area contributed by atoms with Crippen LogP contribution in [0.3, 0.4) is 0 Å². The highest BCUT2D eigenvalue weighted by molar-refractivity contribution is 5.95. The van der Waals surface area contributed by atoms with Gasteiger partial charge in [-0.1, -0.05) is 0 Å². The highest BCUT2D eigenvalue weighted by Gasteiger charge is 2.22. The van der Waals surface area contributed by atoms with E-state index in [0.29, 0.717) is 17.0 Å². The van der Waals surface area contributed by atoms with Gasteiger partial charge >= 0.3 is 5.97 Å². The largest absolute Gasteiger partial charge is 0.497 e. The van der Waals surface area contributed by atoms with Gasteiger partial charge in [0.2, 0.25) is 0 Å². The first-order chi connectivity index (χ1) is 9.10. The van der Waals surface area contributed by atoms with Gasteiger partial charge < -0.3 is 20.1 Å². The summed E-state index contributed by atoms with van der Waals surface area (Å²) < 4.78 is 10.6. The zero-order valence-electron chi connectivity index (χ0n) is 11.4. The smallest absolute Gasteiger partial charge is 0.340 e. The molecule has 0 bridgehead atoms. The van der Waals surface area contributed by atoms with E-state index in [4.69, 9.17) is 15.2 Å². The molecule has 0 radical (unpaired) electrons. The van der Waals surface area contributed by atoms with Crippen LogP contribution in [0.2, 0.25) is 0 Å². The zero-order valence-corrected chi connectivity index (χ0v) is 11.4. The molecule has 5 heteroatoms. The molecular formula is C14H20N2O3. The van der Waals surface area contributed by atoms with E-state index >= 15 is 0 Å². The molecule has 1 fully saturated rings. The molecule has 1 aliphatic heterocycles. The third-order valence-electron chi connectivity index (χ3n) is 3.42. The van der Waals surface area contributed by atoms with Gasteiger partial charge in [0.25, 0.3) is 0 Å². The number of piperidine rings is 1. The molecule has 2 rings (SSSR count). The van der Waals surface area contributed by atoms with Gasteiger partial charge in [-0.25, -0.2) is 4.79 Å². The van der Waals surface area contributed by atoms with E-state index in [0.717, 1.165) is 25.9 Å². The number of likely N-dealkylation sites (tertiary alicyclic amines) is 1. The minimum absolute atomic E-state index is 0.0192. The highest BCUT2D eigenvalue weighted by atomic mass is 16.5. The number of hydrogen-bond donors (Lipinski definition) is 1. The van der Waals surface area contributed by atoms with E-state index in [2.05, 4.69) is 11.9 Å². The van der Waals surface area contributed by atoms with Crippen LogP contribution in [-0.4, -0.2) is 44.2 Å². The number of nitrogen functional groups attached to an aromatic ring is 1. The summed E-state index contributed by atoms with van der Waals surface area (Å²) in [6, 6.07) is 5.00. The number of benzene rings is 1. The van der Waals surface area contributed by atoms with Crippen molar-refractivity contribution in [3.63, 3.8) is 0 Å². The van der Waals surface area contributed by atoms with Crippen LogP contribution in [0.1, 0.15) is 23.2 Å². The molecular weight excluding hydrogens is 244 g/mol. The molecule has 1 heterocycles. The maximum Gasteiger partial charge on any atom is 0.340 e. The topological polar surface area (TPSA) is 64.8 Å². The number of rotatable bonds is 3. The van der Waals surface area contributed by atoms with Crippen LogP contribution < -0.4 is 10.5 Å². The Morgan fingerprint density at radius 3 is 2.68 bits per heavy atom. The van der Waals surface area contributed by atoms with Crippen molar-refractivity contribution in [1.29, 1.82) is 0 Å². The molecule has 1 aliphatic rings. The molecule has 0 aliphatic carbocycles. The fraction of sp³-hybridized carbons (Fsp3) is 0.500. The fourth-order valence-corrected chi connectivity index (χ4v) is 2.16. The van der Waals surface area contributed by atoms with Crippen LogP contribution >= 0.6 is 0 Å². The van der Waals surface area contributed by atoms with Crippen molar-refractivity contribution in [2.45, 2.75) is 18.9 Å². The van der Waals surface area contributed by atoms with Gasteiger partial charge in [-0.15, -0.1) is 0 Å². The molecule has 0 amide bonds. The van der Waals surface area contributed by atoms with Gasteiger partial charge in [-0.2, -0.15) is 0 Å². The summed E-state index contributed by atoms with van der Waals surface area (Å²) in [5, 5.41) is 0. The van der Waals surface area contributed by atoms with Crippen LogP contribution in [0.5, 0.6) is 5.75 Å². The number of ether oxygens (including phenoxy) is 2. The molecule has 104 valence electrons. The van der Waals surface area contributed by atoms with Crippen LogP contribution in [0.15, 0.2) is 18.2 Å². The maximum atomic E-state index is 12.1. The van der Waals surface area contributed by atoms with Crippen molar-refractivity contribution < 1.29 is 14.3 Å². The number of carbonyl (C=O) groups is 1. The molecule has 1 aromatic rings. The Bertz CT molecular complexity index is 454. The monoisotopic (exact) mass is 264 g/mol. The van der Waals surface area contributed by atoms with Gasteiger partial charge in [0, 0.05) is 18.8 Å². The highest BCUT2D eigenvalue weighted by Crippen LogP contribution is 2.22. The van der Waals surface area contributed by atoms with Gasteiger partial charge in [-0.3, -0.25) is 0 Å². The number of esters is 1. The summed E-state index contributed by atoms with van der Waals surface area (Å²) in [6.45, 7) is 1.90. The summed E-state index contributed by atoms with van der Waals surface area (Å²) in [5.74, 6) is 0.232. The van der Waals surface area contributed by atoms with E-state index in [1.165, 1.54) is 0 Å². The average molecular weight is 264 g/mol. The molecule has 1 saturated heterocycles. The molecule has 2 N–H and O–H groups in total. The molecule has 0 unspecified atom stereocenters. The summed E-state index contributed by atoms with van der Waals surface area (Å²) in [5.41, 5.74) is 6.60. The van der Waals surface area contributed by atoms with Crippen LogP contribution in [0.25, 0.3) is 0 Å². The van der Waals surface area contributed by atoms with Gasteiger partial charge in [0.1, 0.15) is 11.9 Å². The Morgan fingerprint density at radius 1 is 1.37 bits per heavy atom. The van der Waals surface area contributed by atoms with Crippen molar-refractivity contribution in [3.05, 3.63) is 23.8 Å². The van der Waals surface area contributed by atoms with Crippen molar-refractivity contribution >= 4 is 11.7 Å². The van der Waals surface area contributed by atoms with Gasteiger partial charge in [0.05, 0.1) is 12.7 Å². The minimum Gasteiger partial charge on any atom is -0.497 e. The van der Waals surface area contributed by atoms with Crippen molar-refractivity contribution in [2.75, 3.05) is 33.0 Å². The van der Waals surface area contributed by atoms with E-state index in [9.17, 15) is 4.79 Å². The summed E-state index contributed by atoms with van der Waals surface area (Å²) in [7, 11) is 3.62. The maximum absolute atomic E-state index is 12.1. The number of nitrogens with zero attached hydrogens (tertiary/aromatic N) is 1. The normalized spacial score (nSPS) is 17.2. The number of hydrogen-bond acceptors (Lipinski definition) is 5. The quantitative estimate of drug-likeness (QED) is 0.662. The molecule has 1 aromatic carbocycles. The second kappa shape index (κ2) is 5.93. The van der Waals surface area contributed by atoms with Crippen LogP contribution in [-0.2, 0) is 4.74 Å². The third kappa shape index (κ3) is 3.38. The Labute approximate surface area is 113 Å². The predicted octanol–water partition coefficient (Wildman–Crippen LogP) is 1.53. The van der Waals surface area contributed by atoms with Crippen molar-refractivity contribution in [1.82, 2.24) is 4.90 Å². The lowest BCUT2D eigenvalue weighted by molar-refractivity contribution is 0.0140. The predicted molar refractivity (Wildman–Crippen MR) is 73.3 cm³/mol. The molecule has 0 spiro atoms. The SMILES string of the molecule is COc1ccc(N)c(C(=O)OC2CCN(C)CC2)c1. The zero-order chi connectivity index (χ0) is 13.8. The Morgan fingerprint density at radius 2 is 2.05 bits per heavy atom. The lowest BCUT2D eigenvalue weighted by atomic mass is 10.1. The molecule has 0 saturated carbocycles. The van der Waals surface area contributed by atoms with Crippen LogP contribution in [0.4, 0.5) is 5.69 Å². The fourth-order valence-electron chi connectivity index (χ4n) is 2.16. The van der Waals surface area contributed by atoms with Crippen molar-refractivity contribution in [2.24, 2.45) is 0 Å². The second-order valence-corrected chi connectivity index (χ2v) is 4.86. The number of methoxy groups -OCH3 is 1. The first-order valence-electron chi connectivity index (χ1n) is 6.43. The Balaban J connectivity index is 2.03. The lowest BCUT2D eigenvalue weighted by Crippen LogP contribution is -2.35. The molecule has 5 nitrogen and oxygen atoms in total. The summed E-state index contributed by atoms with van der Waals surface area (Å²) in [4.78, 5) is 14.3. The minimum atomic E-state index is -0.369. The Kier molecular flexibility index (Phi) is 4.27. The molecule has 19 heavy (non-hydrogen) atoms. The average Bonchev–Trinajstić information content (AvgIpc) is 2.42. The van der Waals surface area contributed by atoms with Gasteiger partial charge in [0.15, 0.2) is 0 Å². The summed E-state index contributed by atoms with van der Waals surface area (Å²) in [6.07, 6.45) is 1.72. The summed E-state index contributed by atoms with van der Waals surface area (Å²) >= 11 is 0. The van der Waals surface area contributed by atoms with Crippen LogP contribution in [0, 0.1) is 0 Å². The van der Waals surface area contributed by atoms with Gasteiger partial charge in [-0.05, 0) is 38.1 Å². The number of carbonyl (C=O) groups excluding carboxylic acids is 1. The van der Waals surface area contributed by atoms with E-state index in [1.807, 2.05) is 0 Å². The molecule has 0 aromatic heterocycles. The standard InChI is InChI=1S/C14H20N2O3/c1-16-7-5-10(6-8-16)19-14(17)12-9-11(18-2)3-4-13(12)15/h3-4,9-10H,5-8,15H2,1-2H3. The van der Waals surface area contributed by atoms with E-state index in [1.54, 1.807) is 25.3 Å². The van der Waals surface area contributed by atoms with E-state index < -0.39 is 0 Å². The number of anilines is 1. The first kappa shape index (κ1) is 13.7. The van der Waals surface area contributed by atoms with E-state index in [-0.39, 0.29) is 12.1 Å². The van der Waals surface area contributed by atoms with Crippen molar-refractivity contribution in [3.8, 4) is 5.75 Å². The molecule has 0 atom stereocenters.